The number of carbonyl (C=O) groups excluding carboxylic acids is 1. The van der Waals surface area contributed by atoms with Crippen LogP contribution >= 0.6 is 0 Å². The van der Waals surface area contributed by atoms with E-state index < -0.39 is 0 Å². The molecule has 1 aliphatic heterocycles. The van der Waals surface area contributed by atoms with Crippen molar-refractivity contribution in [3.05, 3.63) is 71.4 Å². The Morgan fingerprint density at radius 1 is 1.15 bits per heavy atom. The Balaban J connectivity index is 1.49. The molecule has 2 heterocycles. The number of nitrogens with one attached hydrogen (secondary N) is 1. The average Bonchev–Trinajstić information content (AvgIpc) is 3.07. The summed E-state index contributed by atoms with van der Waals surface area (Å²) in [6, 6.07) is 13.1. The summed E-state index contributed by atoms with van der Waals surface area (Å²) < 4.78 is 27.2. The molecular weight excluding hydrogens is 334 g/mol. The number of amides is 1. The van der Waals surface area contributed by atoms with Gasteiger partial charge in [0.25, 0.3) is 0 Å². The Morgan fingerprint density at radius 3 is 2.85 bits per heavy atom. The molecule has 1 amide bonds. The van der Waals surface area contributed by atoms with E-state index in [2.05, 4.69) is 4.98 Å². The van der Waals surface area contributed by atoms with Crippen molar-refractivity contribution in [1.29, 1.82) is 0 Å². The zero-order valence-electron chi connectivity index (χ0n) is 14.3. The van der Waals surface area contributed by atoms with Crippen LogP contribution in [0, 0.1) is 11.6 Å². The van der Waals surface area contributed by atoms with E-state index in [0.717, 1.165) is 29.4 Å². The molecule has 0 saturated carbocycles. The Hall–Kier alpha value is -2.69. The van der Waals surface area contributed by atoms with Crippen molar-refractivity contribution in [3.63, 3.8) is 0 Å². The summed E-state index contributed by atoms with van der Waals surface area (Å²) in [5.74, 6) is -0.467. The van der Waals surface area contributed by atoms with Crippen LogP contribution in [0.3, 0.4) is 0 Å². The van der Waals surface area contributed by atoms with Crippen molar-refractivity contribution in [2.45, 2.75) is 25.2 Å². The van der Waals surface area contributed by atoms with E-state index in [1.54, 1.807) is 24.3 Å². The van der Waals surface area contributed by atoms with Crippen LogP contribution in [0.15, 0.2) is 48.5 Å². The molecule has 2 aromatic carbocycles. The lowest BCUT2D eigenvalue weighted by atomic mass is 9.94. The highest BCUT2D eigenvalue weighted by Gasteiger charge is 2.26. The molecule has 0 bridgehead atoms. The number of aromatic nitrogens is 1. The number of fused-ring (bicyclic) bond motifs is 1. The van der Waals surface area contributed by atoms with Crippen LogP contribution in [0.5, 0.6) is 0 Å². The number of aromatic amines is 1. The summed E-state index contributed by atoms with van der Waals surface area (Å²) in [5.41, 5.74) is 2.35. The van der Waals surface area contributed by atoms with E-state index in [0.29, 0.717) is 18.7 Å². The number of H-pyrrole nitrogens is 1. The van der Waals surface area contributed by atoms with Crippen LogP contribution in [-0.2, 0) is 11.2 Å². The molecule has 1 aromatic heterocycles. The first kappa shape index (κ1) is 16.8. The molecule has 3 nitrogen and oxygen atoms in total. The lowest BCUT2D eigenvalue weighted by molar-refractivity contribution is -0.131. The normalized spacial score (nSPS) is 17.6. The number of benzene rings is 2. The molecule has 26 heavy (non-hydrogen) atoms. The highest BCUT2D eigenvalue weighted by atomic mass is 19.1. The van der Waals surface area contributed by atoms with Gasteiger partial charge in [-0.3, -0.25) is 4.79 Å². The third-order valence-electron chi connectivity index (χ3n) is 5.12. The number of halogens is 2. The SMILES string of the molecule is O=C(Cc1ccccc1F)N1CCCC(c2cc3cc(F)ccc3[nH]2)C1. The van der Waals surface area contributed by atoms with Gasteiger partial charge in [-0.1, -0.05) is 18.2 Å². The number of hydrogen-bond donors (Lipinski definition) is 1. The van der Waals surface area contributed by atoms with Crippen molar-refractivity contribution >= 4 is 16.8 Å². The second kappa shape index (κ2) is 6.90. The Kier molecular flexibility index (Phi) is 4.45. The average molecular weight is 354 g/mol. The van der Waals surface area contributed by atoms with E-state index in [-0.39, 0.29) is 29.9 Å². The minimum Gasteiger partial charge on any atom is -0.358 e. The fourth-order valence-electron chi connectivity index (χ4n) is 3.72. The van der Waals surface area contributed by atoms with Crippen LogP contribution in [0.1, 0.15) is 30.0 Å². The molecule has 0 spiro atoms. The lowest BCUT2D eigenvalue weighted by Crippen LogP contribution is -2.40. The van der Waals surface area contributed by atoms with E-state index in [1.165, 1.54) is 18.2 Å². The maximum absolute atomic E-state index is 13.8. The zero-order chi connectivity index (χ0) is 18.1. The Labute approximate surface area is 150 Å². The summed E-state index contributed by atoms with van der Waals surface area (Å²) in [6.07, 6.45) is 1.95. The van der Waals surface area contributed by atoms with Crippen molar-refractivity contribution < 1.29 is 13.6 Å². The van der Waals surface area contributed by atoms with Gasteiger partial charge in [-0.2, -0.15) is 0 Å². The predicted molar refractivity (Wildman–Crippen MR) is 96.9 cm³/mol. The molecule has 134 valence electrons. The smallest absolute Gasteiger partial charge is 0.227 e. The monoisotopic (exact) mass is 354 g/mol. The van der Waals surface area contributed by atoms with Gasteiger partial charge in [0, 0.05) is 35.6 Å². The summed E-state index contributed by atoms with van der Waals surface area (Å²) in [5, 5.41) is 0.842. The van der Waals surface area contributed by atoms with Gasteiger partial charge in [-0.05, 0) is 48.7 Å². The predicted octanol–water partition coefficient (Wildman–Crippen LogP) is 4.39. The van der Waals surface area contributed by atoms with Crippen molar-refractivity contribution in [2.75, 3.05) is 13.1 Å². The number of likely N-dealkylation sites (tertiary alicyclic amines) is 1. The van der Waals surface area contributed by atoms with Gasteiger partial charge in [0.2, 0.25) is 5.91 Å². The topological polar surface area (TPSA) is 36.1 Å². The van der Waals surface area contributed by atoms with E-state index in [4.69, 9.17) is 0 Å². The third kappa shape index (κ3) is 3.34. The second-order valence-corrected chi connectivity index (χ2v) is 6.90. The molecule has 0 aliphatic carbocycles. The third-order valence-corrected chi connectivity index (χ3v) is 5.12. The molecule has 0 radical (unpaired) electrons. The fraction of sp³-hybridized carbons (Fsp3) is 0.286. The molecule has 5 heteroatoms. The lowest BCUT2D eigenvalue weighted by Gasteiger charge is -2.32. The highest BCUT2D eigenvalue weighted by molar-refractivity contribution is 5.81. The van der Waals surface area contributed by atoms with Crippen molar-refractivity contribution in [2.24, 2.45) is 0 Å². The van der Waals surface area contributed by atoms with Crippen molar-refractivity contribution in [1.82, 2.24) is 9.88 Å². The molecule has 1 aliphatic rings. The maximum Gasteiger partial charge on any atom is 0.227 e. The van der Waals surface area contributed by atoms with Gasteiger partial charge in [0.15, 0.2) is 0 Å². The molecule has 1 fully saturated rings. The largest absolute Gasteiger partial charge is 0.358 e. The van der Waals surface area contributed by atoms with Gasteiger partial charge in [0.1, 0.15) is 11.6 Å². The molecule has 1 atom stereocenters. The molecular formula is C21H20F2N2O. The van der Waals surface area contributed by atoms with E-state index in [1.807, 2.05) is 11.0 Å². The quantitative estimate of drug-likeness (QED) is 0.744. The zero-order valence-corrected chi connectivity index (χ0v) is 14.3. The molecule has 4 rings (SSSR count). The van der Waals surface area contributed by atoms with Gasteiger partial charge < -0.3 is 9.88 Å². The first-order valence-corrected chi connectivity index (χ1v) is 8.89. The standard InChI is InChI=1S/C21H20F2N2O/c22-17-7-8-19-16(10-17)11-20(24-19)15-5-3-9-25(13-15)21(26)12-14-4-1-2-6-18(14)23/h1-2,4,6-8,10-11,15,24H,3,5,9,12-13H2. The number of hydrogen-bond acceptors (Lipinski definition) is 1. The molecule has 1 unspecified atom stereocenters. The summed E-state index contributed by atoms with van der Waals surface area (Å²) >= 11 is 0. The van der Waals surface area contributed by atoms with E-state index in [9.17, 15) is 13.6 Å². The number of carbonyl (C=O) groups is 1. The van der Waals surface area contributed by atoms with Gasteiger partial charge >= 0.3 is 0 Å². The van der Waals surface area contributed by atoms with Crippen LogP contribution in [0.2, 0.25) is 0 Å². The van der Waals surface area contributed by atoms with Crippen LogP contribution in [-0.4, -0.2) is 28.9 Å². The number of piperidine rings is 1. The Bertz CT molecular complexity index is 950. The van der Waals surface area contributed by atoms with Crippen LogP contribution < -0.4 is 0 Å². The van der Waals surface area contributed by atoms with Crippen molar-refractivity contribution in [3.8, 4) is 0 Å². The first-order chi connectivity index (χ1) is 12.6. The summed E-state index contributed by atoms with van der Waals surface area (Å²) in [6.45, 7) is 1.29. The summed E-state index contributed by atoms with van der Waals surface area (Å²) in [7, 11) is 0. The van der Waals surface area contributed by atoms with E-state index >= 15 is 0 Å². The molecule has 1 N–H and O–H groups in total. The Morgan fingerprint density at radius 2 is 2.00 bits per heavy atom. The number of nitrogens with zero attached hydrogens (tertiary/aromatic N) is 1. The second-order valence-electron chi connectivity index (χ2n) is 6.90. The molecule has 1 saturated heterocycles. The first-order valence-electron chi connectivity index (χ1n) is 8.89. The summed E-state index contributed by atoms with van der Waals surface area (Å²) in [4.78, 5) is 17.8. The maximum atomic E-state index is 13.8. The van der Waals surface area contributed by atoms with Gasteiger partial charge in [0.05, 0.1) is 6.42 Å². The minimum atomic E-state index is -0.341. The van der Waals surface area contributed by atoms with Gasteiger partial charge in [-0.15, -0.1) is 0 Å². The highest BCUT2D eigenvalue weighted by Crippen LogP contribution is 2.29. The number of rotatable bonds is 3. The fourth-order valence-corrected chi connectivity index (χ4v) is 3.72. The van der Waals surface area contributed by atoms with Crippen LogP contribution in [0.25, 0.3) is 10.9 Å². The van der Waals surface area contributed by atoms with Crippen LogP contribution in [0.4, 0.5) is 8.78 Å². The van der Waals surface area contributed by atoms with Gasteiger partial charge in [-0.25, -0.2) is 8.78 Å². The molecule has 3 aromatic rings. The minimum absolute atomic E-state index is 0.0537.